The van der Waals surface area contributed by atoms with Gasteiger partial charge in [0.2, 0.25) is 0 Å². The Morgan fingerprint density at radius 1 is 0.897 bits per heavy atom. The second kappa shape index (κ2) is 9.93. The van der Waals surface area contributed by atoms with Gasteiger partial charge in [-0.1, -0.05) is 43.2 Å². The number of aromatic nitrogens is 2. The SMILES string of the molecule is Cc1ccccc1OCCn1c(CCCN2CCCCCC2)nc2ccccc21. The molecule has 0 amide bonds. The number of hydrogen-bond donors (Lipinski definition) is 0. The summed E-state index contributed by atoms with van der Waals surface area (Å²) < 4.78 is 8.43. The quantitative estimate of drug-likeness (QED) is 0.526. The molecule has 154 valence electrons. The van der Waals surface area contributed by atoms with Gasteiger partial charge in [-0.3, -0.25) is 0 Å². The predicted octanol–water partition coefficient (Wildman–Crippen LogP) is 5.23. The predicted molar refractivity (Wildman–Crippen MR) is 120 cm³/mol. The van der Waals surface area contributed by atoms with E-state index >= 15 is 0 Å². The van der Waals surface area contributed by atoms with Crippen molar-refractivity contribution in [3.05, 3.63) is 59.9 Å². The Labute approximate surface area is 174 Å². The van der Waals surface area contributed by atoms with Crippen molar-refractivity contribution in [3.8, 4) is 5.75 Å². The van der Waals surface area contributed by atoms with E-state index in [2.05, 4.69) is 46.7 Å². The number of imidazole rings is 1. The molecule has 1 aliphatic heterocycles. The molecule has 3 aromatic rings. The van der Waals surface area contributed by atoms with E-state index in [1.165, 1.54) is 68.6 Å². The second-order valence-electron chi connectivity index (χ2n) is 8.14. The number of aryl methyl sites for hydroxylation is 2. The van der Waals surface area contributed by atoms with Crippen LogP contribution in [0.2, 0.25) is 0 Å². The van der Waals surface area contributed by atoms with E-state index in [4.69, 9.17) is 9.72 Å². The van der Waals surface area contributed by atoms with Crippen LogP contribution in [-0.2, 0) is 13.0 Å². The Balaban J connectivity index is 1.40. The van der Waals surface area contributed by atoms with Crippen molar-refractivity contribution >= 4 is 11.0 Å². The van der Waals surface area contributed by atoms with Crippen molar-refractivity contribution in [1.82, 2.24) is 14.5 Å². The summed E-state index contributed by atoms with van der Waals surface area (Å²) in [6.45, 7) is 7.29. The van der Waals surface area contributed by atoms with Gasteiger partial charge in [0.1, 0.15) is 18.2 Å². The van der Waals surface area contributed by atoms with E-state index in [0.717, 1.165) is 24.2 Å². The molecule has 0 bridgehead atoms. The Bertz CT molecular complexity index is 909. The topological polar surface area (TPSA) is 30.3 Å². The molecule has 29 heavy (non-hydrogen) atoms. The average molecular weight is 392 g/mol. The third-order valence-electron chi connectivity index (χ3n) is 5.97. The van der Waals surface area contributed by atoms with Gasteiger partial charge in [0.25, 0.3) is 0 Å². The van der Waals surface area contributed by atoms with Gasteiger partial charge in [0.05, 0.1) is 17.6 Å². The lowest BCUT2D eigenvalue weighted by Crippen LogP contribution is -2.26. The summed E-state index contributed by atoms with van der Waals surface area (Å²) in [5.74, 6) is 2.16. The van der Waals surface area contributed by atoms with E-state index in [1.807, 2.05) is 18.2 Å². The molecule has 1 aromatic heterocycles. The molecule has 0 atom stereocenters. The maximum Gasteiger partial charge on any atom is 0.122 e. The van der Waals surface area contributed by atoms with Gasteiger partial charge in [-0.2, -0.15) is 0 Å². The smallest absolute Gasteiger partial charge is 0.122 e. The normalized spacial score (nSPS) is 15.5. The van der Waals surface area contributed by atoms with Crippen molar-refractivity contribution in [2.24, 2.45) is 0 Å². The number of fused-ring (bicyclic) bond motifs is 1. The van der Waals surface area contributed by atoms with Crippen molar-refractivity contribution in [3.63, 3.8) is 0 Å². The fourth-order valence-corrected chi connectivity index (χ4v) is 4.35. The van der Waals surface area contributed by atoms with Crippen molar-refractivity contribution < 1.29 is 4.74 Å². The molecule has 0 N–H and O–H groups in total. The Kier molecular flexibility index (Phi) is 6.83. The van der Waals surface area contributed by atoms with Gasteiger partial charge < -0.3 is 14.2 Å². The van der Waals surface area contributed by atoms with Crippen LogP contribution in [0.1, 0.15) is 43.5 Å². The van der Waals surface area contributed by atoms with Crippen LogP contribution in [0.3, 0.4) is 0 Å². The fraction of sp³-hybridized carbons (Fsp3) is 0.480. The molecule has 0 aliphatic carbocycles. The molecular weight excluding hydrogens is 358 g/mol. The molecule has 2 heterocycles. The van der Waals surface area contributed by atoms with Crippen LogP contribution in [0.4, 0.5) is 0 Å². The van der Waals surface area contributed by atoms with Crippen molar-refractivity contribution in [2.45, 2.75) is 52.0 Å². The highest BCUT2D eigenvalue weighted by atomic mass is 16.5. The number of nitrogens with zero attached hydrogens (tertiary/aromatic N) is 3. The Hall–Kier alpha value is -2.33. The zero-order chi connectivity index (χ0) is 19.9. The monoisotopic (exact) mass is 391 g/mol. The summed E-state index contributed by atoms with van der Waals surface area (Å²) in [4.78, 5) is 7.59. The first-order valence-corrected chi connectivity index (χ1v) is 11.2. The molecule has 1 aliphatic rings. The van der Waals surface area contributed by atoms with Crippen LogP contribution in [0.5, 0.6) is 5.75 Å². The molecule has 0 spiro atoms. The molecule has 4 nitrogen and oxygen atoms in total. The summed E-state index contributed by atoms with van der Waals surface area (Å²) in [7, 11) is 0. The second-order valence-corrected chi connectivity index (χ2v) is 8.14. The maximum atomic E-state index is 6.07. The van der Waals surface area contributed by atoms with Crippen LogP contribution < -0.4 is 4.74 Å². The molecule has 1 fully saturated rings. The number of likely N-dealkylation sites (tertiary alicyclic amines) is 1. The highest BCUT2D eigenvalue weighted by molar-refractivity contribution is 5.75. The highest BCUT2D eigenvalue weighted by Gasteiger charge is 2.13. The summed E-state index contributed by atoms with van der Waals surface area (Å²) >= 11 is 0. The minimum Gasteiger partial charge on any atom is -0.491 e. The summed E-state index contributed by atoms with van der Waals surface area (Å²) in [6, 6.07) is 16.7. The third-order valence-corrected chi connectivity index (χ3v) is 5.97. The summed E-state index contributed by atoms with van der Waals surface area (Å²) in [5.41, 5.74) is 3.49. The molecule has 0 unspecified atom stereocenters. The van der Waals surface area contributed by atoms with Gasteiger partial charge >= 0.3 is 0 Å². The van der Waals surface area contributed by atoms with Crippen molar-refractivity contribution in [1.29, 1.82) is 0 Å². The van der Waals surface area contributed by atoms with E-state index in [-0.39, 0.29) is 0 Å². The van der Waals surface area contributed by atoms with Crippen LogP contribution >= 0.6 is 0 Å². The van der Waals surface area contributed by atoms with E-state index in [0.29, 0.717) is 6.61 Å². The molecule has 4 heteroatoms. The molecule has 4 rings (SSSR count). The zero-order valence-corrected chi connectivity index (χ0v) is 17.6. The minimum absolute atomic E-state index is 0.657. The zero-order valence-electron chi connectivity index (χ0n) is 17.6. The summed E-state index contributed by atoms with van der Waals surface area (Å²) in [6.07, 6.45) is 7.70. The number of ether oxygens (including phenoxy) is 1. The first-order chi connectivity index (χ1) is 14.3. The van der Waals surface area contributed by atoms with Crippen LogP contribution in [0, 0.1) is 6.92 Å². The van der Waals surface area contributed by atoms with Gasteiger partial charge in [0, 0.05) is 6.42 Å². The Morgan fingerprint density at radius 2 is 1.66 bits per heavy atom. The van der Waals surface area contributed by atoms with Crippen LogP contribution in [0.15, 0.2) is 48.5 Å². The van der Waals surface area contributed by atoms with Gasteiger partial charge in [-0.05, 0) is 69.6 Å². The first kappa shape index (κ1) is 20.0. The maximum absolute atomic E-state index is 6.07. The average Bonchev–Trinajstić information content (AvgIpc) is 2.89. The molecule has 1 saturated heterocycles. The fourth-order valence-electron chi connectivity index (χ4n) is 4.35. The Morgan fingerprint density at radius 3 is 2.48 bits per heavy atom. The standard InChI is InChI=1S/C25H33N3O/c1-21-11-4-7-14-24(21)29-20-19-28-23-13-6-5-12-22(23)26-25(28)15-10-18-27-16-8-2-3-9-17-27/h4-7,11-14H,2-3,8-10,15-20H2,1H3. The minimum atomic E-state index is 0.657. The largest absolute Gasteiger partial charge is 0.491 e. The van der Waals surface area contributed by atoms with E-state index in [1.54, 1.807) is 0 Å². The molecule has 2 aromatic carbocycles. The van der Waals surface area contributed by atoms with Gasteiger partial charge in [-0.15, -0.1) is 0 Å². The lowest BCUT2D eigenvalue weighted by Gasteiger charge is -2.19. The molecular formula is C25H33N3O. The highest BCUT2D eigenvalue weighted by Crippen LogP contribution is 2.20. The number of benzene rings is 2. The number of rotatable bonds is 8. The van der Waals surface area contributed by atoms with Crippen LogP contribution in [-0.4, -0.2) is 40.7 Å². The molecule has 0 radical (unpaired) electrons. The van der Waals surface area contributed by atoms with Crippen LogP contribution in [0.25, 0.3) is 11.0 Å². The first-order valence-electron chi connectivity index (χ1n) is 11.2. The van der Waals surface area contributed by atoms with Gasteiger partial charge in [-0.25, -0.2) is 4.98 Å². The number of para-hydroxylation sites is 3. The van der Waals surface area contributed by atoms with Crippen molar-refractivity contribution in [2.75, 3.05) is 26.2 Å². The van der Waals surface area contributed by atoms with E-state index in [9.17, 15) is 0 Å². The molecule has 0 saturated carbocycles. The number of hydrogen-bond acceptors (Lipinski definition) is 3. The summed E-state index contributed by atoms with van der Waals surface area (Å²) in [5, 5.41) is 0. The van der Waals surface area contributed by atoms with Gasteiger partial charge in [0.15, 0.2) is 0 Å². The third kappa shape index (κ3) is 5.18. The van der Waals surface area contributed by atoms with E-state index < -0.39 is 0 Å². The lowest BCUT2D eigenvalue weighted by molar-refractivity contribution is 0.278. The lowest BCUT2D eigenvalue weighted by atomic mass is 10.2.